The second kappa shape index (κ2) is 9.34. The second-order valence-corrected chi connectivity index (χ2v) is 14.3. The van der Waals surface area contributed by atoms with Gasteiger partial charge in [0.25, 0.3) is 8.32 Å². The Kier molecular flexibility index (Phi) is 7.60. The van der Waals surface area contributed by atoms with E-state index in [0.717, 1.165) is 5.57 Å². The lowest BCUT2D eigenvalue weighted by atomic mass is 10.2. The van der Waals surface area contributed by atoms with Crippen LogP contribution >= 0.6 is 7.60 Å². The number of hydrogen-bond donors (Lipinski definition) is 2. The van der Waals surface area contributed by atoms with Crippen molar-refractivity contribution in [2.75, 3.05) is 12.8 Å². The van der Waals surface area contributed by atoms with Gasteiger partial charge in [0.15, 0.2) is 0 Å². The van der Waals surface area contributed by atoms with E-state index in [0.29, 0.717) is 13.0 Å². The summed E-state index contributed by atoms with van der Waals surface area (Å²) in [7, 11) is -6.55. The molecule has 0 amide bonds. The van der Waals surface area contributed by atoms with Gasteiger partial charge in [-0.05, 0) is 28.8 Å². The van der Waals surface area contributed by atoms with Crippen LogP contribution in [0.3, 0.4) is 0 Å². The van der Waals surface area contributed by atoms with Crippen LogP contribution in [0.4, 0.5) is 0 Å². The predicted octanol–water partition coefficient (Wildman–Crippen LogP) is 4.08. The summed E-state index contributed by atoms with van der Waals surface area (Å²) in [4.78, 5) is 18.1. The monoisotopic (exact) mass is 418 g/mol. The maximum atomic E-state index is 11.1. The van der Waals surface area contributed by atoms with Crippen LogP contribution in [0.1, 0.15) is 34.1 Å². The van der Waals surface area contributed by atoms with Crippen LogP contribution in [0.2, 0.25) is 5.04 Å². The van der Waals surface area contributed by atoms with E-state index in [1.54, 1.807) is 0 Å². The van der Waals surface area contributed by atoms with Gasteiger partial charge in [0.2, 0.25) is 0 Å². The predicted molar refractivity (Wildman–Crippen MR) is 119 cm³/mol. The van der Waals surface area contributed by atoms with Gasteiger partial charge in [-0.2, -0.15) is 0 Å². The third kappa shape index (κ3) is 5.76. The topological polar surface area (TPSA) is 66.8 Å². The van der Waals surface area contributed by atoms with Gasteiger partial charge in [0.05, 0.1) is 12.8 Å². The van der Waals surface area contributed by atoms with Crippen molar-refractivity contribution < 1.29 is 18.8 Å². The first-order chi connectivity index (χ1) is 13.1. The summed E-state index contributed by atoms with van der Waals surface area (Å²) < 4.78 is 17.9. The molecule has 0 aliphatic carbocycles. The highest BCUT2D eigenvalue weighted by molar-refractivity contribution is 7.51. The van der Waals surface area contributed by atoms with Gasteiger partial charge in [-0.25, -0.2) is 0 Å². The zero-order valence-corrected chi connectivity index (χ0v) is 19.0. The SMILES string of the molecule is C/C(=C\CCP(=O)(O)O)CO[Si](c1ccccc1)(c1ccccc1)C(C)(C)C. The number of hydrogen-bond acceptors (Lipinski definition) is 2. The molecule has 0 aliphatic rings. The summed E-state index contributed by atoms with van der Waals surface area (Å²) in [5, 5.41) is 2.34. The van der Waals surface area contributed by atoms with E-state index in [4.69, 9.17) is 14.2 Å². The Morgan fingerprint density at radius 2 is 1.46 bits per heavy atom. The van der Waals surface area contributed by atoms with Crippen molar-refractivity contribution in [3.05, 3.63) is 72.3 Å². The lowest BCUT2D eigenvalue weighted by Gasteiger charge is -2.43. The minimum atomic E-state index is -3.97. The van der Waals surface area contributed by atoms with Gasteiger partial charge in [0, 0.05) is 0 Å². The molecule has 152 valence electrons. The molecular formula is C22H31O4PSi. The molecule has 0 spiro atoms. The van der Waals surface area contributed by atoms with Gasteiger partial charge in [-0.3, -0.25) is 4.57 Å². The molecule has 0 unspecified atom stereocenters. The van der Waals surface area contributed by atoms with Crippen molar-refractivity contribution in [3.8, 4) is 0 Å². The van der Waals surface area contributed by atoms with Crippen LogP contribution in [0.5, 0.6) is 0 Å². The summed E-state index contributed by atoms with van der Waals surface area (Å²) in [5.41, 5.74) is 0.987. The molecule has 2 N–H and O–H groups in total. The summed E-state index contributed by atoms with van der Waals surface area (Å²) in [6.07, 6.45) is 2.08. The van der Waals surface area contributed by atoms with Crippen molar-refractivity contribution >= 4 is 26.3 Å². The lowest BCUT2D eigenvalue weighted by Crippen LogP contribution is -2.66. The Balaban J connectivity index is 2.39. The molecule has 0 fully saturated rings. The van der Waals surface area contributed by atoms with E-state index >= 15 is 0 Å². The van der Waals surface area contributed by atoms with Crippen LogP contribution in [0, 0.1) is 0 Å². The standard InChI is InChI=1S/C22H31O4PSi/c1-19(12-11-17-27(23,24)25)18-26-28(22(2,3)4,20-13-7-5-8-14-20)21-15-9-6-10-16-21/h5-10,12-16H,11,17-18H2,1-4H3,(H2,23,24,25)/b19-12+. The van der Waals surface area contributed by atoms with Crippen LogP contribution in [-0.2, 0) is 8.99 Å². The molecule has 0 saturated heterocycles. The molecule has 0 radical (unpaired) electrons. The van der Waals surface area contributed by atoms with Crippen molar-refractivity contribution in [2.24, 2.45) is 0 Å². The van der Waals surface area contributed by atoms with Crippen LogP contribution in [0.15, 0.2) is 72.3 Å². The molecular weight excluding hydrogens is 387 g/mol. The molecule has 0 saturated carbocycles. The highest BCUT2D eigenvalue weighted by Crippen LogP contribution is 2.37. The Bertz CT molecular complexity index is 783. The molecule has 0 heterocycles. The lowest BCUT2D eigenvalue weighted by molar-refractivity contribution is 0.329. The average molecular weight is 419 g/mol. The molecule has 0 aromatic heterocycles. The molecule has 0 aliphatic heterocycles. The number of benzene rings is 2. The zero-order valence-electron chi connectivity index (χ0n) is 17.1. The van der Waals surface area contributed by atoms with E-state index in [2.05, 4.69) is 69.3 Å². The van der Waals surface area contributed by atoms with Gasteiger partial charge in [-0.15, -0.1) is 0 Å². The Labute approximate surface area is 169 Å². The van der Waals surface area contributed by atoms with Gasteiger partial charge < -0.3 is 14.2 Å². The molecule has 4 nitrogen and oxygen atoms in total. The Morgan fingerprint density at radius 3 is 1.86 bits per heavy atom. The van der Waals surface area contributed by atoms with Crippen molar-refractivity contribution in [1.29, 1.82) is 0 Å². The normalized spacial score (nSPS) is 13.6. The second-order valence-electron chi connectivity index (χ2n) is 8.18. The fraction of sp³-hybridized carbons (Fsp3) is 0.364. The summed E-state index contributed by atoms with van der Waals surface area (Å²) in [6, 6.07) is 20.8. The molecule has 2 aromatic rings. The summed E-state index contributed by atoms with van der Waals surface area (Å²) in [6.45, 7) is 9.08. The maximum Gasteiger partial charge on any atom is 0.325 e. The zero-order chi connectivity index (χ0) is 20.8. The van der Waals surface area contributed by atoms with E-state index in [-0.39, 0.29) is 11.2 Å². The Morgan fingerprint density at radius 1 is 1.00 bits per heavy atom. The van der Waals surface area contributed by atoms with E-state index < -0.39 is 15.9 Å². The highest BCUT2D eigenvalue weighted by Gasteiger charge is 2.50. The molecule has 2 rings (SSSR count). The van der Waals surface area contributed by atoms with Crippen molar-refractivity contribution in [2.45, 2.75) is 39.2 Å². The first kappa shape index (κ1) is 22.8. The van der Waals surface area contributed by atoms with Crippen LogP contribution in [-0.4, -0.2) is 30.9 Å². The summed E-state index contributed by atoms with van der Waals surface area (Å²) >= 11 is 0. The molecule has 6 heteroatoms. The third-order valence-electron chi connectivity index (χ3n) is 4.85. The van der Waals surface area contributed by atoms with Gasteiger partial charge in [0.1, 0.15) is 0 Å². The molecule has 0 bridgehead atoms. The third-order valence-corrected chi connectivity index (χ3v) is 10.7. The molecule has 0 atom stereocenters. The first-order valence-electron chi connectivity index (χ1n) is 9.51. The van der Waals surface area contributed by atoms with Crippen molar-refractivity contribution in [1.82, 2.24) is 0 Å². The Hall–Kier alpha value is -1.49. The molecule has 28 heavy (non-hydrogen) atoms. The molecule has 2 aromatic carbocycles. The van der Waals surface area contributed by atoms with E-state index in [9.17, 15) is 4.57 Å². The largest absolute Gasteiger partial charge is 0.403 e. The fourth-order valence-electron chi connectivity index (χ4n) is 3.52. The minimum Gasteiger partial charge on any atom is -0.403 e. The fourth-order valence-corrected chi connectivity index (χ4v) is 8.59. The van der Waals surface area contributed by atoms with Crippen molar-refractivity contribution in [3.63, 3.8) is 0 Å². The highest BCUT2D eigenvalue weighted by atomic mass is 31.2. The maximum absolute atomic E-state index is 11.1. The van der Waals surface area contributed by atoms with Gasteiger partial charge >= 0.3 is 7.60 Å². The van der Waals surface area contributed by atoms with Gasteiger partial charge in [-0.1, -0.05) is 93.1 Å². The average Bonchev–Trinajstić information content (AvgIpc) is 2.62. The summed E-state index contributed by atoms with van der Waals surface area (Å²) in [5.74, 6) is 0. The quantitative estimate of drug-likeness (QED) is 0.385. The van der Waals surface area contributed by atoms with E-state index in [1.807, 2.05) is 25.1 Å². The smallest absolute Gasteiger partial charge is 0.325 e. The van der Waals surface area contributed by atoms with Crippen LogP contribution < -0.4 is 10.4 Å². The number of allylic oxidation sites excluding steroid dienone is 1. The number of rotatable bonds is 8. The van der Waals surface area contributed by atoms with E-state index in [1.165, 1.54) is 10.4 Å². The van der Waals surface area contributed by atoms with Crippen LogP contribution in [0.25, 0.3) is 0 Å². The minimum absolute atomic E-state index is 0.0954. The first-order valence-corrected chi connectivity index (χ1v) is 13.2.